The Kier molecular flexibility index (Phi) is 5.47. The van der Waals surface area contributed by atoms with Crippen LogP contribution < -0.4 is 0 Å². The molecule has 0 aliphatic rings. The fourth-order valence-corrected chi connectivity index (χ4v) is 2.11. The Bertz CT molecular complexity index is 787. The third-order valence-electron chi connectivity index (χ3n) is 3.39. The van der Waals surface area contributed by atoms with Crippen LogP contribution in [0.1, 0.15) is 23.3 Å². The summed E-state index contributed by atoms with van der Waals surface area (Å²) < 4.78 is 5.71. The molecule has 0 aliphatic heterocycles. The Labute approximate surface area is 143 Å². The molecule has 7 nitrogen and oxygen atoms in total. The number of nitrogens with zero attached hydrogens (tertiary/aromatic N) is 2. The molecule has 2 aromatic rings. The maximum absolute atomic E-state index is 10.7. The molecule has 0 saturated heterocycles. The monoisotopic (exact) mass is 336 g/mol. The second kappa shape index (κ2) is 7.73. The van der Waals surface area contributed by atoms with Gasteiger partial charge in [-0.1, -0.05) is 11.8 Å². The number of ether oxygens (including phenoxy) is 1. The van der Waals surface area contributed by atoms with Gasteiger partial charge in [0.25, 0.3) is 11.4 Å². The second-order valence-corrected chi connectivity index (χ2v) is 4.93. The SMILES string of the molecule is C#CC(OC(C#C)c1ccc([N+](=O)[O-])cc1)c1ccc([N+](=O)[O-])cc1. The van der Waals surface area contributed by atoms with Gasteiger partial charge in [0.05, 0.1) is 9.85 Å². The lowest BCUT2D eigenvalue weighted by atomic mass is 10.1. The van der Waals surface area contributed by atoms with Crippen LogP contribution >= 0.6 is 0 Å². The van der Waals surface area contributed by atoms with Crippen LogP contribution in [0.3, 0.4) is 0 Å². The van der Waals surface area contributed by atoms with Crippen LogP contribution in [0.5, 0.6) is 0 Å². The summed E-state index contributed by atoms with van der Waals surface area (Å²) in [5.74, 6) is 4.87. The van der Waals surface area contributed by atoms with E-state index in [-0.39, 0.29) is 11.4 Å². The van der Waals surface area contributed by atoms with Gasteiger partial charge in [-0.2, -0.15) is 0 Å². The molecule has 0 radical (unpaired) electrons. The summed E-state index contributed by atoms with van der Waals surface area (Å²) >= 11 is 0. The summed E-state index contributed by atoms with van der Waals surface area (Å²) in [7, 11) is 0. The average molecular weight is 336 g/mol. The quantitative estimate of drug-likeness (QED) is 0.456. The highest BCUT2D eigenvalue weighted by atomic mass is 16.6. The molecule has 0 N–H and O–H groups in total. The van der Waals surface area contributed by atoms with Gasteiger partial charge in [0.1, 0.15) is 12.2 Å². The minimum atomic E-state index is -0.822. The van der Waals surface area contributed by atoms with Gasteiger partial charge in [-0.25, -0.2) is 0 Å². The van der Waals surface area contributed by atoms with Gasteiger partial charge in [0.15, 0.2) is 0 Å². The lowest BCUT2D eigenvalue weighted by Crippen LogP contribution is -2.08. The topological polar surface area (TPSA) is 95.5 Å². The largest absolute Gasteiger partial charge is 0.340 e. The Morgan fingerprint density at radius 2 is 1.08 bits per heavy atom. The number of terminal acetylenes is 2. The van der Waals surface area contributed by atoms with Gasteiger partial charge in [0, 0.05) is 24.3 Å². The van der Waals surface area contributed by atoms with Crippen molar-refractivity contribution in [3.05, 3.63) is 79.9 Å². The average Bonchev–Trinajstić information content (AvgIpc) is 2.63. The van der Waals surface area contributed by atoms with E-state index in [9.17, 15) is 20.2 Å². The summed E-state index contributed by atoms with van der Waals surface area (Å²) in [4.78, 5) is 20.4. The molecule has 124 valence electrons. The molecule has 2 aromatic carbocycles. The van der Waals surface area contributed by atoms with E-state index < -0.39 is 22.1 Å². The molecule has 0 aromatic heterocycles. The van der Waals surface area contributed by atoms with Crippen molar-refractivity contribution in [3.63, 3.8) is 0 Å². The zero-order valence-corrected chi connectivity index (χ0v) is 12.9. The van der Waals surface area contributed by atoms with Crippen molar-refractivity contribution in [2.24, 2.45) is 0 Å². The van der Waals surface area contributed by atoms with Crippen molar-refractivity contribution < 1.29 is 14.6 Å². The first-order valence-electron chi connectivity index (χ1n) is 7.02. The zero-order chi connectivity index (χ0) is 18.4. The van der Waals surface area contributed by atoms with Crippen LogP contribution in [0, 0.1) is 44.9 Å². The lowest BCUT2D eigenvalue weighted by molar-refractivity contribution is -0.385. The van der Waals surface area contributed by atoms with Crippen molar-refractivity contribution in [2.75, 3.05) is 0 Å². The second-order valence-electron chi connectivity index (χ2n) is 4.93. The molecule has 0 saturated carbocycles. The lowest BCUT2D eigenvalue weighted by Gasteiger charge is -2.18. The van der Waals surface area contributed by atoms with E-state index in [0.29, 0.717) is 11.1 Å². The summed E-state index contributed by atoms with van der Waals surface area (Å²) in [5, 5.41) is 21.4. The van der Waals surface area contributed by atoms with Crippen molar-refractivity contribution in [1.82, 2.24) is 0 Å². The first-order chi connectivity index (χ1) is 12.0. The maximum Gasteiger partial charge on any atom is 0.269 e. The number of rotatable bonds is 6. The predicted octanol–water partition coefficient (Wildman–Crippen LogP) is 3.57. The molecular formula is C18H12N2O5. The summed E-state index contributed by atoms with van der Waals surface area (Å²) in [5.41, 5.74) is 0.942. The van der Waals surface area contributed by atoms with Crippen molar-refractivity contribution in [1.29, 1.82) is 0 Å². The maximum atomic E-state index is 10.7. The van der Waals surface area contributed by atoms with E-state index in [0.717, 1.165) is 0 Å². The smallest absolute Gasteiger partial charge is 0.269 e. The molecule has 0 bridgehead atoms. The van der Waals surface area contributed by atoms with Crippen LogP contribution in [-0.4, -0.2) is 9.85 Å². The van der Waals surface area contributed by atoms with Gasteiger partial charge >= 0.3 is 0 Å². The highest BCUT2D eigenvalue weighted by molar-refractivity contribution is 5.37. The Morgan fingerprint density at radius 1 is 0.760 bits per heavy atom. The Balaban J connectivity index is 2.20. The van der Waals surface area contributed by atoms with Crippen molar-refractivity contribution in [3.8, 4) is 24.7 Å². The van der Waals surface area contributed by atoms with Crippen LogP contribution in [0.4, 0.5) is 11.4 Å². The van der Waals surface area contributed by atoms with Crippen LogP contribution in [0.25, 0.3) is 0 Å². The number of nitro groups is 2. The fraction of sp³-hybridized carbons (Fsp3) is 0.111. The predicted molar refractivity (Wildman–Crippen MR) is 90.4 cm³/mol. The van der Waals surface area contributed by atoms with E-state index in [1.807, 2.05) is 0 Å². The molecule has 0 spiro atoms. The first-order valence-corrected chi connectivity index (χ1v) is 7.02. The fourth-order valence-electron chi connectivity index (χ4n) is 2.11. The van der Waals surface area contributed by atoms with Crippen LogP contribution in [-0.2, 0) is 4.74 Å². The van der Waals surface area contributed by atoms with Gasteiger partial charge in [0.2, 0.25) is 0 Å². The number of benzene rings is 2. The van der Waals surface area contributed by atoms with Gasteiger partial charge < -0.3 is 4.74 Å². The standard InChI is InChI=1S/C18H12N2O5/c1-3-17(13-5-9-15(10-6-13)19(21)22)25-18(4-2)14-7-11-16(12-8-14)20(23)24/h1-2,5-12,17-18H. The molecule has 0 heterocycles. The van der Waals surface area contributed by atoms with Crippen molar-refractivity contribution >= 4 is 11.4 Å². The van der Waals surface area contributed by atoms with Crippen molar-refractivity contribution in [2.45, 2.75) is 12.2 Å². The summed E-state index contributed by atoms with van der Waals surface area (Å²) in [6, 6.07) is 11.2. The van der Waals surface area contributed by atoms with E-state index >= 15 is 0 Å². The van der Waals surface area contributed by atoms with Gasteiger partial charge in [-0.15, -0.1) is 12.8 Å². The molecule has 0 amide bonds. The molecule has 2 unspecified atom stereocenters. The normalized spacial score (nSPS) is 12.4. The highest BCUT2D eigenvalue weighted by Gasteiger charge is 2.18. The van der Waals surface area contributed by atoms with E-state index in [4.69, 9.17) is 17.6 Å². The molecule has 25 heavy (non-hydrogen) atoms. The molecule has 7 heteroatoms. The Hall–Kier alpha value is -3.68. The Morgan fingerprint density at radius 3 is 1.32 bits per heavy atom. The number of hydrogen-bond acceptors (Lipinski definition) is 5. The summed E-state index contributed by atoms with van der Waals surface area (Å²) in [6.07, 6.45) is 9.32. The van der Waals surface area contributed by atoms with E-state index in [1.165, 1.54) is 48.5 Å². The molecule has 0 aliphatic carbocycles. The van der Waals surface area contributed by atoms with Gasteiger partial charge in [-0.05, 0) is 35.4 Å². The van der Waals surface area contributed by atoms with Crippen LogP contribution in [0.2, 0.25) is 0 Å². The molecular weight excluding hydrogens is 324 g/mol. The zero-order valence-electron chi connectivity index (χ0n) is 12.9. The third kappa shape index (κ3) is 4.20. The minimum Gasteiger partial charge on any atom is -0.340 e. The summed E-state index contributed by atoms with van der Waals surface area (Å²) in [6.45, 7) is 0. The number of nitro benzene ring substituents is 2. The molecule has 0 fully saturated rings. The number of non-ortho nitro benzene ring substituents is 2. The van der Waals surface area contributed by atoms with Gasteiger partial charge in [-0.3, -0.25) is 20.2 Å². The van der Waals surface area contributed by atoms with E-state index in [1.54, 1.807) is 0 Å². The molecule has 2 atom stereocenters. The number of hydrogen-bond donors (Lipinski definition) is 0. The third-order valence-corrected chi connectivity index (χ3v) is 3.39. The first kappa shape index (κ1) is 17.7. The van der Waals surface area contributed by atoms with Crippen LogP contribution in [0.15, 0.2) is 48.5 Å². The highest BCUT2D eigenvalue weighted by Crippen LogP contribution is 2.28. The van der Waals surface area contributed by atoms with E-state index in [2.05, 4.69) is 11.8 Å². The minimum absolute atomic E-state index is 0.0663. The molecule has 2 rings (SSSR count).